The van der Waals surface area contributed by atoms with E-state index < -0.39 is 18.0 Å². The smallest absolute Gasteiger partial charge is 0.335 e. The number of nitrogens with zero attached hydrogens (tertiary/aromatic N) is 2. The SMILES string of the molecule is C[C@H]1CCCCO[C@@H](CN(C)Cc2ccc(C(=O)O)cc2)[C@@H](C)CN([C@@H](C)CO)C(=O)c2cc(NC(=O)Nc3ccc4c(c3)OCO4)ccc2O1. The summed E-state index contributed by atoms with van der Waals surface area (Å²) in [5.41, 5.74) is 2.38. The second-order valence-electron chi connectivity index (χ2n) is 13.4. The van der Waals surface area contributed by atoms with Crippen LogP contribution < -0.4 is 24.8 Å². The number of ether oxygens (including phenoxy) is 4. The molecule has 0 saturated carbocycles. The number of aromatic carboxylic acids is 1. The van der Waals surface area contributed by atoms with Crippen molar-refractivity contribution in [2.24, 2.45) is 5.92 Å². The van der Waals surface area contributed by atoms with Crippen LogP contribution in [-0.2, 0) is 11.3 Å². The lowest BCUT2D eigenvalue weighted by Crippen LogP contribution is -2.47. The first-order valence-corrected chi connectivity index (χ1v) is 17.3. The van der Waals surface area contributed by atoms with Crippen molar-refractivity contribution in [2.45, 2.75) is 64.8 Å². The summed E-state index contributed by atoms with van der Waals surface area (Å²) in [6.45, 7) is 7.66. The van der Waals surface area contributed by atoms with Gasteiger partial charge in [-0.1, -0.05) is 19.1 Å². The quantitative estimate of drug-likeness (QED) is 0.218. The van der Waals surface area contributed by atoms with Crippen molar-refractivity contribution in [2.75, 3.05) is 50.8 Å². The van der Waals surface area contributed by atoms with Gasteiger partial charge in [-0.3, -0.25) is 9.69 Å². The highest BCUT2D eigenvalue weighted by Gasteiger charge is 2.30. The van der Waals surface area contributed by atoms with Crippen LogP contribution in [0.25, 0.3) is 0 Å². The zero-order chi connectivity index (χ0) is 36.5. The molecule has 0 spiro atoms. The van der Waals surface area contributed by atoms with E-state index in [9.17, 15) is 24.6 Å². The van der Waals surface area contributed by atoms with Crippen LogP contribution in [0.4, 0.5) is 16.2 Å². The second kappa shape index (κ2) is 17.4. The molecule has 3 aromatic carbocycles. The lowest BCUT2D eigenvalue weighted by molar-refractivity contribution is -0.0177. The summed E-state index contributed by atoms with van der Waals surface area (Å²) in [5.74, 6) is 0.108. The normalized spacial score (nSPS) is 20.2. The number of anilines is 2. The van der Waals surface area contributed by atoms with Gasteiger partial charge in [-0.05, 0) is 88.2 Å². The molecule has 0 aromatic heterocycles. The van der Waals surface area contributed by atoms with Crippen LogP contribution in [0, 0.1) is 5.92 Å². The minimum absolute atomic E-state index is 0.122. The molecule has 3 aromatic rings. The van der Waals surface area contributed by atoms with E-state index in [-0.39, 0.29) is 48.6 Å². The lowest BCUT2D eigenvalue weighted by Gasteiger charge is -2.36. The molecule has 2 heterocycles. The van der Waals surface area contributed by atoms with Gasteiger partial charge in [-0.2, -0.15) is 0 Å². The largest absolute Gasteiger partial charge is 0.490 e. The number of likely N-dealkylation sites (N-methyl/N-ethyl adjacent to an activating group) is 1. The zero-order valence-electron chi connectivity index (χ0n) is 29.6. The second-order valence-corrected chi connectivity index (χ2v) is 13.4. The monoisotopic (exact) mass is 704 g/mol. The number of aliphatic hydroxyl groups is 1. The van der Waals surface area contributed by atoms with E-state index in [0.29, 0.717) is 54.9 Å². The average Bonchev–Trinajstić information content (AvgIpc) is 3.57. The van der Waals surface area contributed by atoms with Crippen LogP contribution in [0.1, 0.15) is 66.3 Å². The standard InChI is InChI=1S/C38H48N4O9/c1-24-19-42(25(2)22-43)36(44)31-17-29(39-38(47)40-30-13-15-33-34(18-30)50-23-49-33)12-14-32(31)51-26(3)7-5-6-16-48-35(24)21-41(4)20-27-8-10-28(11-9-27)37(45)46/h8-15,17-18,24-26,35,43H,5-7,16,19-23H2,1-4H3,(H,45,46)(H2,39,40,47)/t24-,25-,26-,35-/m0/s1. The predicted octanol–water partition coefficient (Wildman–Crippen LogP) is 5.69. The van der Waals surface area contributed by atoms with E-state index in [0.717, 1.165) is 24.8 Å². The number of urea groups is 1. The molecular formula is C38H48N4O9. The average molecular weight is 705 g/mol. The number of fused-ring (bicyclic) bond motifs is 2. The molecule has 0 fully saturated rings. The summed E-state index contributed by atoms with van der Waals surface area (Å²) in [6.07, 6.45) is 2.02. The first-order chi connectivity index (χ1) is 24.5. The fourth-order valence-corrected chi connectivity index (χ4v) is 6.17. The number of nitrogens with one attached hydrogen (secondary N) is 2. The van der Waals surface area contributed by atoms with Gasteiger partial charge in [0.15, 0.2) is 11.5 Å². The third-order valence-corrected chi connectivity index (χ3v) is 9.08. The highest BCUT2D eigenvalue weighted by atomic mass is 16.7. The molecule has 2 aliphatic rings. The van der Waals surface area contributed by atoms with E-state index in [4.69, 9.17) is 18.9 Å². The van der Waals surface area contributed by atoms with Gasteiger partial charge in [-0.15, -0.1) is 0 Å². The number of carboxylic acid groups (broad SMARTS) is 1. The number of aliphatic hydroxyl groups excluding tert-OH is 1. The molecule has 274 valence electrons. The van der Waals surface area contributed by atoms with E-state index >= 15 is 0 Å². The molecule has 2 aliphatic heterocycles. The minimum atomic E-state index is -0.966. The number of carboxylic acids is 1. The first kappa shape index (κ1) is 37.4. The number of hydrogen-bond acceptors (Lipinski definition) is 9. The van der Waals surface area contributed by atoms with Crippen molar-refractivity contribution in [3.05, 3.63) is 77.4 Å². The molecule has 3 amide bonds. The Labute approximate surface area is 298 Å². The summed E-state index contributed by atoms with van der Waals surface area (Å²) in [7, 11) is 1.98. The van der Waals surface area contributed by atoms with Gasteiger partial charge >= 0.3 is 12.0 Å². The Kier molecular flexibility index (Phi) is 12.8. The zero-order valence-corrected chi connectivity index (χ0v) is 29.6. The maximum absolute atomic E-state index is 14.4. The van der Waals surface area contributed by atoms with Gasteiger partial charge in [0.25, 0.3) is 5.91 Å². The summed E-state index contributed by atoms with van der Waals surface area (Å²) in [4.78, 5) is 42.5. The summed E-state index contributed by atoms with van der Waals surface area (Å²) >= 11 is 0. The Hall–Kier alpha value is -4.85. The summed E-state index contributed by atoms with van der Waals surface area (Å²) in [5, 5.41) is 25.1. The van der Waals surface area contributed by atoms with E-state index in [2.05, 4.69) is 15.5 Å². The third-order valence-electron chi connectivity index (χ3n) is 9.08. The van der Waals surface area contributed by atoms with Crippen LogP contribution in [0.3, 0.4) is 0 Å². The van der Waals surface area contributed by atoms with Crippen molar-refractivity contribution in [3.63, 3.8) is 0 Å². The molecule has 0 unspecified atom stereocenters. The van der Waals surface area contributed by atoms with Gasteiger partial charge < -0.3 is 44.7 Å². The topological polar surface area (TPSA) is 159 Å². The fourth-order valence-electron chi connectivity index (χ4n) is 6.17. The van der Waals surface area contributed by atoms with Crippen molar-refractivity contribution in [1.82, 2.24) is 9.80 Å². The Morgan fingerprint density at radius 3 is 2.35 bits per heavy atom. The van der Waals surface area contributed by atoms with E-state index in [1.807, 2.05) is 33.0 Å². The van der Waals surface area contributed by atoms with Crippen molar-refractivity contribution in [1.29, 1.82) is 0 Å². The molecule has 4 N–H and O–H groups in total. The van der Waals surface area contributed by atoms with E-state index in [1.165, 1.54) is 0 Å². The number of amides is 3. The van der Waals surface area contributed by atoms with Crippen molar-refractivity contribution < 1.29 is 43.5 Å². The van der Waals surface area contributed by atoms with Crippen molar-refractivity contribution >= 4 is 29.3 Å². The molecule has 4 atom stereocenters. The Bertz CT molecular complexity index is 1670. The van der Waals surface area contributed by atoms with Crippen LogP contribution in [-0.4, -0.2) is 96.3 Å². The molecule has 0 saturated heterocycles. The molecule has 13 nitrogen and oxygen atoms in total. The molecule has 51 heavy (non-hydrogen) atoms. The van der Waals surface area contributed by atoms with Crippen LogP contribution in [0.2, 0.25) is 0 Å². The van der Waals surface area contributed by atoms with Crippen LogP contribution in [0.5, 0.6) is 17.2 Å². The molecule has 0 aliphatic carbocycles. The Morgan fingerprint density at radius 1 is 0.961 bits per heavy atom. The van der Waals surface area contributed by atoms with Crippen LogP contribution >= 0.6 is 0 Å². The molecule has 13 heteroatoms. The molecular weight excluding hydrogens is 656 g/mol. The minimum Gasteiger partial charge on any atom is -0.490 e. The maximum atomic E-state index is 14.4. The highest BCUT2D eigenvalue weighted by molar-refractivity contribution is 6.02. The number of rotatable bonds is 9. The number of benzene rings is 3. The Balaban J connectivity index is 1.35. The van der Waals surface area contributed by atoms with E-state index in [1.54, 1.807) is 60.4 Å². The van der Waals surface area contributed by atoms with Gasteiger partial charge in [-0.25, -0.2) is 9.59 Å². The summed E-state index contributed by atoms with van der Waals surface area (Å²) in [6, 6.07) is 15.9. The number of hydrogen-bond donors (Lipinski definition) is 4. The first-order valence-electron chi connectivity index (χ1n) is 17.3. The lowest BCUT2D eigenvalue weighted by atomic mass is 10.0. The molecule has 5 rings (SSSR count). The maximum Gasteiger partial charge on any atom is 0.335 e. The summed E-state index contributed by atoms with van der Waals surface area (Å²) < 4.78 is 23.5. The molecule has 0 radical (unpaired) electrons. The highest BCUT2D eigenvalue weighted by Crippen LogP contribution is 2.34. The number of carbonyl (C=O) groups is 3. The fraction of sp³-hybridized carbons (Fsp3) is 0.447. The Morgan fingerprint density at radius 2 is 1.65 bits per heavy atom. The molecule has 0 bridgehead atoms. The van der Waals surface area contributed by atoms with Gasteiger partial charge in [0.05, 0.1) is 36.0 Å². The van der Waals surface area contributed by atoms with Gasteiger partial charge in [0, 0.05) is 49.6 Å². The predicted molar refractivity (Wildman–Crippen MR) is 192 cm³/mol. The number of carbonyl (C=O) groups excluding carboxylic acids is 2. The van der Waals surface area contributed by atoms with Crippen molar-refractivity contribution in [3.8, 4) is 17.2 Å². The van der Waals surface area contributed by atoms with Crippen LogP contribution in [0.15, 0.2) is 60.7 Å². The van der Waals surface area contributed by atoms with Gasteiger partial charge in [0.2, 0.25) is 6.79 Å². The third kappa shape index (κ3) is 10.1. The van der Waals surface area contributed by atoms with Gasteiger partial charge in [0.1, 0.15) is 5.75 Å².